The molecule has 0 spiro atoms. The quantitative estimate of drug-likeness (QED) is 0.658. The van der Waals surface area contributed by atoms with E-state index in [1.54, 1.807) is 37.3 Å². The van der Waals surface area contributed by atoms with Crippen LogP contribution in [0.4, 0.5) is 4.39 Å². The Bertz CT molecular complexity index is 912. The molecule has 0 atom stereocenters. The summed E-state index contributed by atoms with van der Waals surface area (Å²) in [6, 6.07) is 10.9. The minimum atomic E-state index is -0.597. The molecular weight excluding hydrogens is 361 g/mol. The number of hydrogen-bond donors (Lipinski definition) is 1. The first-order chi connectivity index (χ1) is 12.6. The van der Waals surface area contributed by atoms with Crippen molar-refractivity contribution in [3.63, 3.8) is 0 Å². The van der Waals surface area contributed by atoms with Crippen LogP contribution in [0.15, 0.2) is 42.5 Å². The van der Waals surface area contributed by atoms with Gasteiger partial charge < -0.3 is 9.47 Å². The van der Waals surface area contributed by atoms with Crippen molar-refractivity contribution >= 4 is 17.6 Å². The van der Waals surface area contributed by atoms with Crippen molar-refractivity contribution in [2.45, 2.75) is 13.5 Å². The fraction of sp³-hybridized carbons (Fsp3) is 0.167. The summed E-state index contributed by atoms with van der Waals surface area (Å²) >= 11 is 6.09. The van der Waals surface area contributed by atoms with Gasteiger partial charge in [-0.1, -0.05) is 23.7 Å². The van der Waals surface area contributed by atoms with E-state index in [-0.39, 0.29) is 30.4 Å². The molecule has 0 radical (unpaired) electrons. The molecule has 0 saturated carbocycles. The molecule has 134 valence electrons. The van der Waals surface area contributed by atoms with Gasteiger partial charge in [0.1, 0.15) is 23.9 Å². The highest BCUT2D eigenvalue weighted by Gasteiger charge is 2.22. The molecule has 1 heterocycles. The second kappa shape index (κ2) is 7.97. The monoisotopic (exact) mass is 375 g/mol. The van der Waals surface area contributed by atoms with E-state index in [0.717, 1.165) is 5.56 Å². The van der Waals surface area contributed by atoms with E-state index in [2.05, 4.69) is 15.4 Å². The summed E-state index contributed by atoms with van der Waals surface area (Å²) in [5.41, 5.74) is 1.61. The average molecular weight is 376 g/mol. The number of benzene rings is 2. The molecular formula is C18H15ClFN3O3. The Morgan fingerprint density at radius 2 is 1.96 bits per heavy atom. The van der Waals surface area contributed by atoms with Gasteiger partial charge in [-0.25, -0.2) is 9.18 Å². The molecule has 0 unspecified atom stereocenters. The third kappa shape index (κ3) is 4.00. The smallest absolute Gasteiger partial charge is 0.361 e. The Morgan fingerprint density at radius 3 is 2.69 bits per heavy atom. The van der Waals surface area contributed by atoms with Gasteiger partial charge in [0.25, 0.3) is 0 Å². The summed E-state index contributed by atoms with van der Waals surface area (Å²) in [5, 5.41) is 10.8. The molecule has 3 aromatic rings. The van der Waals surface area contributed by atoms with E-state index < -0.39 is 5.97 Å². The summed E-state index contributed by atoms with van der Waals surface area (Å²) in [7, 11) is 0. The molecule has 0 amide bonds. The van der Waals surface area contributed by atoms with Crippen molar-refractivity contribution in [1.29, 1.82) is 0 Å². The van der Waals surface area contributed by atoms with E-state index >= 15 is 0 Å². The average Bonchev–Trinajstić information content (AvgIpc) is 3.12. The van der Waals surface area contributed by atoms with Crippen molar-refractivity contribution in [3.05, 3.63) is 64.6 Å². The van der Waals surface area contributed by atoms with E-state index in [9.17, 15) is 9.18 Å². The number of nitrogens with one attached hydrogen (secondary N) is 1. The summed E-state index contributed by atoms with van der Waals surface area (Å²) in [6.07, 6.45) is 0. The lowest BCUT2D eigenvalue weighted by atomic mass is 10.1. The highest BCUT2D eigenvalue weighted by Crippen LogP contribution is 2.33. The maximum Gasteiger partial charge on any atom is 0.361 e. The van der Waals surface area contributed by atoms with Gasteiger partial charge in [-0.15, -0.1) is 5.10 Å². The zero-order chi connectivity index (χ0) is 18.5. The first-order valence-corrected chi connectivity index (χ1v) is 8.21. The molecule has 0 aliphatic carbocycles. The lowest BCUT2D eigenvalue weighted by Gasteiger charge is -2.11. The van der Waals surface area contributed by atoms with Gasteiger partial charge in [-0.2, -0.15) is 10.3 Å². The molecule has 3 rings (SSSR count). The van der Waals surface area contributed by atoms with E-state index in [0.29, 0.717) is 16.3 Å². The van der Waals surface area contributed by atoms with Gasteiger partial charge in [0.15, 0.2) is 5.69 Å². The fourth-order valence-electron chi connectivity index (χ4n) is 2.32. The molecule has 6 nitrogen and oxygen atoms in total. The number of carbonyl (C=O) groups excluding carboxylic acids is 1. The molecule has 0 saturated heterocycles. The van der Waals surface area contributed by atoms with Crippen LogP contribution in [-0.4, -0.2) is 28.0 Å². The number of nitrogens with zero attached hydrogens (tertiary/aromatic N) is 2. The maximum absolute atomic E-state index is 13.0. The first kappa shape index (κ1) is 17.9. The number of halogens is 2. The van der Waals surface area contributed by atoms with Crippen LogP contribution < -0.4 is 4.74 Å². The third-order valence-electron chi connectivity index (χ3n) is 3.52. The molecule has 26 heavy (non-hydrogen) atoms. The predicted octanol–water partition coefficient (Wildman–Crippen LogP) is 4.02. The Hall–Kier alpha value is -2.93. The van der Waals surface area contributed by atoms with Crippen LogP contribution in [-0.2, 0) is 11.3 Å². The molecule has 1 N–H and O–H groups in total. The molecule has 2 aromatic carbocycles. The summed E-state index contributed by atoms with van der Waals surface area (Å²) in [5.74, 6) is -0.457. The Labute approximate surface area is 153 Å². The lowest BCUT2D eigenvalue weighted by Crippen LogP contribution is -2.07. The Balaban J connectivity index is 1.90. The molecule has 8 heteroatoms. The van der Waals surface area contributed by atoms with Crippen LogP contribution in [0.3, 0.4) is 0 Å². The van der Waals surface area contributed by atoms with Crippen molar-refractivity contribution in [1.82, 2.24) is 15.4 Å². The second-order valence-corrected chi connectivity index (χ2v) is 5.73. The number of aromatic nitrogens is 3. The zero-order valence-corrected chi connectivity index (χ0v) is 14.6. The number of esters is 1. The molecule has 1 aromatic heterocycles. The number of H-pyrrole nitrogens is 1. The number of ether oxygens (including phenoxy) is 2. The van der Waals surface area contributed by atoms with E-state index in [4.69, 9.17) is 21.1 Å². The molecule has 0 aliphatic rings. The summed E-state index contributed by atoms with van der Waals surface area (Å²) in [4.78, 5) is 12.1. The SMILES string of the molecule is CCOC(=O)c1n[nH]nc1-c1cc(Cl)ccc1OCc1ccc(F)cc1. The topological polar surface area (TPSA) is 77.1 Å². The van der Waals surface area contributed by atoms with Gasteiger partial charge in [-0.3, -0.25) is 0 Å². The fourth-order valence-corrected chi connectivity index (χ4v) is 2.49. The summed E-state index contributed by atoms with van der Waals surface area (Å²) in [6.45, 7) is 2.13. The number of aromatic amines is 1. The normalized spacial score (nSPS) is 10.6. The van der Waals surface area contributed by atoms with Gasteiger partial charge in [0.2, 0.25) is 0 Å². The van der Waals surface area contributed by atoms with Crippen molar-refractivity contribution in [2.24, 2.45) is 0 Å². The van der Waals surface area contributed by atoms with E-state index in [1.165, 1.54) is 12.1 Å². The number of rotatable bonds is 6. The molecule has 0 bridgehead atoms. The standard InChI is InChI=1S/C18H15ClFN3O3/c1-2-25-18(24)17-16(21-23-22-17)14-9-12(19)5-8-15(14)26-10-11-3-6-13(20)7-4-11/h3-9H,2,10H2,1H3,(H,21,22,23). The molecule has 0 aliphatic heterocycles. The first-order valence-electron chi connectivity index (χ1n) is 7.83. The van der Waals surface area contributed by atoms with Gasteiger partial charge in [0, 0.05) is 10.6 Å². The zero-order valence-electron chi connectivity index (χ0n) is 13.8. The van der Waals surface area contributed by atoms with Crippen molar-refractivity contribution < 1.29 is 18.7 Å². The highest BCUT2D eigenvalue weighted by molar-refractivity contribution is 6.31. The van der Waals surface area contributed by atoms with Gasteiger partial charge in [-0.05, 0) is 42.8 Å². The third-order valence-corrected chi connectivity index (χ3v) is 3.76. The van der Waals surface area contributed by atoms with Crippen LogP contribution in [0.1, 0.15) is 23.0 Å². The Kier molecular flexibility index (Phi) is 5.48. The van der Waals surface area contributed by atoms with Crippen LogP contribution in [0, 0.1) is 5.82 Å². The Morgan fingerprint density at radius 1 is 1.19 bits per heavy atom. The minimum Gasteiger partial charge on any atom is -0.488 e. The predicted molar refractivity (Wildman–Crippen MR) is 93.5 cm³/mol. The highest BCUT2D eigenvalue weighted by atomic mass is 35.5. The molecule has 0 fully saturated rings. The van der Waals surface area contributed by atoms with Crippen LogP contribution >= 0.6 is 11.6 Å². The van der Waals surface area contributed by atoms with Crippen molar-refractivity contribution in [3.8, 4) is 17.0 Å². The van der Waals surface area contributed by atoms with E-state index in [1.807, 2.05) is 0 Å². The number of hydrogen-bond acceptors (Lipinski definition) is 5. The van der Waals surface area contributed by atoms with Crippen molar-refractivity contribution in [2.75, 3.05) is 6.61 Å². The maximum atomic E-state index is 13.0. The van der Waals surface area contributed by atoms with Gasteiger partial charge in [0.05, 0.1) is 6.61 Å². The van der Waals surface area contributed by atoms with Crippen LogP contribution in [0.25, 0.3) is 11.3 Å². The minimum absolute atomic E-state index is 0.0424. The van der Waals surface area contributed by atoms with Gasteiger partial charge >= 0.3 is 5.97 Å². The largest absolute Gasteiger partial charge is 0.488 e. The van der Waals surface area contributed by atoms with Crippen LogP contribution in [0.5, 0.6) is 5.75 Å². The second-order valence-electron chi connectivity index (χ2n) is 5.30. The number of carbonyl (C=O) groups is 1. The van der Waals surface area contributed by atoms with Crippen LogP contribution in [0.2, 0.25) is 5.02 Å². The summed E-state index contributed by atoms with van der Waals surface area (Å²) < 4.78 is 23.8. The lowest BCUT2D eigenvalue weighted by molar-refractivity contribution is 0.0520.